The Labute approximate surface area is 172 Å². The van der Waals surface area contributed by atoms with E-state index in [1.165, 1.54) is 5.56 Å². The van der Waals surface area contributed by atoms with E-state index in [-0.39, 0.29) is 0 Å². The van der Waals surface area contributed by atoms with Crippen LogP contribution < -0.4 is 0 Å². The molecule has 1 saturated carbocycles. The molecule has 0 spiro atoms. The van der Waals surface area contributed by atoms with Crippen molar-refractivity contribution in [2.45, 2.75) is 49.9 Å². The Balaban J connectivity index is 1.46. The number of thioether (sulfide) groups is 1. The summed E-state index contributed by atoms with van der Waals surface area (Å²) in [5, 5.41) is 4.32. The predicted molar refractivity (Wildman–Crippen MR) is 117 cm³/mol. The zero-order valence-corrected chi connectivity index (χ0v) is 18.1. The predicted octanol–water partition coefficient (Wildman–Crippen LogP) is 4.91. The van der Waals surface area contributed by atoms with Crippen LogP contribution in [0, 0.1) is 0 Å². The molecule has 0 N–H and O–H groups in total. The fraction of sp³-hybridized carbons (Fsp3) is 0.524. The molecule has 0 bridgehead atoms. The third kappa shape index (κ3) is 5.80. The zero-order valence-electron chi connectivity index (χ0n) is 16.4. The Kier molecular flexibility index (Phi) is 7.33. The Morgan fingerprint density at radius 3 is 2.52 bits per heavy atom. The van der Waals surface area contributed by atoms with Crippen molar-refractivity contribution in [1.82, 2.24) is 15.0 Å². The number of thiocarbonyl (C=S) groups is 1. The van der Waals surface area contributed by atoms with Gasteiger partial charge in [-0.2, -0.15) is 0 Å². The minimum atomic E-state index is 0.514. The molecule has 1 aromatic heterocycles. The summed E-state index contributed by atoms with van der Waals surface area (Å²) in [7, 11) is 6.24. The lowest BCUT2D eigenvalue weighted by Gasteiger charge is -2.35. The molecule has 0 aliphatic heterocycles. The molecule has 1 aliphatic rings. The topological polar surface area (TPSA) is 32.5 Å². The van der Waals surface area contributed by atoms with E-state index in [1.807, 2.05) is 14.1 Å². The van der Waals surface area contributed by atoms with Crippen LogP contribution in [-0.2, 0) is 12.3 Å². The highest BCUT2D eigenvalue weighted by atomic mass is 32.2. The molecular weight excluding hydrogens is 374 g/mol. The van der Waals surface area contributed by atoms with Crippen LogP contribution in [0.5, 0.6) is 0 Å². The van der Waals surface area contributed by atoms with Crippen LogP contribution in [0.2, 0.25) is 0 Å². The summed E-state index contributed by atoms with van der Waals surface area (Å²) in [5.41, 5.74) is 2.44. The van der Waals surface area contributed by atoms with E-state index < -0.39 is 0 Å². The molecule has 2 aromatic rings. The van der Waals surface area contributed by atoms with E-state index in [4.69, 9.17) is 16.7 Å². The molecular formula is C21H29N3OS2. The number of aromatic nitrogens is 1. The maximum Gasteiger partial charge on any atom is 0.150 e. The van der Waals surface area contributed by atoms with Gasteiger partial charge in [0.25, 0.3) is 0 Å². The standard InChI is InChI=1S/C21H29N3OS2/c1-23(2)14-19-13-20(22-25-19)17-9-11-18(12-10-17)24(3)21(26)27-15-16-7-5-4-6-8-16/h4-8,13,17-18H,9-12,14-15H2,1-3H3. The highest BCUT2D eigenvalue weighted by Gasteiger charge is 2.28. The summed E-state index contributed by atoms with van der Waals surface area (Å²) < 4.78 is 6.49. The minimum absolute atomic E-state index is 0.514. The maximum atomic E-state index is 5.68. The summed E-state index contributed by atoms with van der Waals surface area (Å²) in [6.07, 6.45) is 4.61. The first-order valence-corrected chi connectivity index (χ1v) is 11.0. The molecule has 6 heteroatoms. The molecule has 0 unspecified atom stereocenters. The van der Waals surface area contributed by atoms with E-state index in [0.717, 1.165) is 53.8 Å². The fourth-order valence-electron chi connectivity index (χ4n) is 3.64. The molecule has 0 atom stereocenters. The molecule has 27 heavy (non-hydrogen) atoms. The van der Waals surface area contributed by atoms with Gasteiger partial charge in [-0.1, -0.05) is 59.5 Å². The average Bonchev–Trinajstić information content (AvgIpc) is 3.14. The molecule has 1 aromatic carbocycles. The van der Waals surface area contributed by atoms with Crippen LogP contribution in [0.25, 0.3) is 0 Å². The number of benzene rings is 1. The highest BCUT2D eigenvalue weighted by Crippen LogP contribution is 2.35. The summed E-state index contributed by atoms with van der Waals surface area (Å²) in [4.78, 5) is 4.41. The van der Waals surface area contributed by atoms with Gasteiger partial charge in [0.05, 0.1) is 12.2 Å². The van der Waals surface area contributed by atoms with E-state index in [1.54, 1.807) is 11.8 Å². The second-order valence-corrected chi connectivity index (χ2v) is 9.22. The summed E-state index contributed by atoms with van der Waals surface area (Å²) in [5.74, 6) is 2.40. The van der Waals surface area contributed by atoms with Crippen molar-refractivity contribution in [2.24, 2.45) is 0 Å². The van der Waals surface area contributed by atoms with Crippen molar-refractivity contribution >= 4 is 28.3 Å². The van der Waals surface area contributed by atoms with Crippen LogP contribution in [0.4, 0.5) is 0 Å². The first-order chi connectivity index (χ1) is 13.0. The second-order valence-electron chi connectivity index (χ2n) is 7.61. The largest absolute Gasteiger partial charge is 0.360 e. The molecule has 3 rings (SSSR count). The minimum Gasteiger partial charge on any atom is -0.360 e. The Morgan fingerprint density at radius 2 is 1.85 bits per heavy atom. The fourth-order valence-corrected chi connectivity index (χ4v) is 4.80. The van der Waals surface area contributed by atoms with Crippen molar-refractivity contribution in [3.8, 4) is 0 Å². The smallest absolute Gasteiger partial charge is 0.150 e. The van der Waals surface area contributed by atoms with E-state index in [2.05, 4.69) is 58.4 Å². The lowest BCUT2D eigenvalue weighted by atomic mass is 9.83. The van der Waals surface area contributed by atoms with Gasteiger partial charge in [-0.05, 0) is 45.3 Å². The van der Waals surface area contributed by atoms with Crippen molar-refractivity contribution in [2.75, 3.05) is 21.1 Å². The number of rotatable bonds is 6. The van der Waals surface area contributed by atoms with Gasteiger partial charge in [0.1, 0.15) is 4.32 Å². The van der Waals surface area contributed by atoms with Gasteiger partial charge in [-0.15, -0.1) is 0 Å². The normalized spacial score (nSPS) is 20.0. The molecule has 0 radical (unpaired) electrons. The third-order valence-corrected chi connectivity index (χ3v) is 6.86. The molecule has 0 amide bonds. The Bertz CT molecular complexity index is 724. The quantitative estimate of drug-likeness (QED) is 0.637. The Hall–Kier alpha value is -1.37. The van der Waals surface area contributed by atoms with Crippen LogP contribution >= 0.6 is 24.0 Å². The van der Waals surface area contributed by atoms with Crippen LogP contribution in [-0.4, -0.2) is 46.5 Å². The lowest BCUT2D eigenvalue weighted by Crippen LogP contribution is -2.37. The molecule has 0 saturated heterocycles. The first-order valence-electron chi connectivity index (χ1n) is 9.56. The van der Waals surface area contributed by atoms with Crippen LogP contribution in [0.1, 0.15) is 48.6 Å². The van der Waals surface area contributed by atoms with Gasteiger partial charge in [-0.3, -0.25) is 0 Å². The van der Waals surface area contributed by atoms with Gasteiger partial charge in [-0.25, -0.2) is 0 Å². The SMILES string of the molecule is CN(C)Cc1cc(C2CCC(N(C)C(=S)SCc3ccccc3)CC2)no1. The maximum absolute atomic E-state index is 5.68. The average molecular weight is 404 g/mol. The Morgan fingerprint density at radius 1 is 1.15 bits per heavy atom. The van der Waals surface area contributed by atoms with Crippen LogP contribution in [0.3, 0.4) is 0 Å². The van der Waals surface area contributed by atoms with Gasteiger partial charge < -0.3 is 14.3 Å². The number of hydrogen-bond donors (Lipinski definition) is 0. The van der Waals surface area contributed by atoms with Gasteiger partial charge in [0.15, 0.2) is 5.76 Å². The molecule has 1 aliphatic carbocycles. The van der Waals surface area contributed by atoms with Gasteiger partial charge in [0.2, 0.25) is 0 Å². The molecule has 4 nitrogen and oxygen atoms in total. The second kappa shape index (κ2) is 9.71. The summed E-state index contributed by atoms with van der Waals surface area (Å²) in [6, 6.07) is 13.2. The van der Waals surface area contributed by atoms with Crippen molar-refractivity contribution in [1.29, 1.82) is 0 Å². The molecule has 146 valence electrons. The van der Waals surface area contributed by atoms with E-state index >= 15 is 0 Å². The van der Waals surface area contributed by atoms with Gasteiger partial charge in [0, 0.05) is 30.8 Å². The lowest BCUT2D eigenvalue weighted by molar-refractivity contribution is 0.259. The third-order valence-electron chi connectivity index (χ3n) is 5.21. The van der Waals surface area contributed by atoms with Crippen molar-refractivity contribution in [3.63, 3.8) is 0 Å². The van der Waals surface area contributed by atoms with Crippen molar-refractivity contribution in [3.05, 3.63) is 53.4 Å². The van der Waals surface area contributed by atoms with E-state index in [0.29, 0.717) is 12.0 Å². The van der Waals surface area contributed by atoms with Crippen molar-refractivity contribution < 1.29 is 4.52 Å². The monoisotopic (exact) mass is 403 g/mol. The van der Waals surface area contributed by atoms with Crippen LogP contribution in [0.15, 0.2) is 40.9 Å². The van der Waals surface area contributed by atoms with E-state index in [9.17, 15) is 0 Å². The highest BCUT2D eigenvalue weighted by molar-refractivity contribution is 8.22. The summed E-state index contributed by atoms with van der Waals surface area (Å²) >= 11 is 7.44. The number of nitrogens with zero attached hydrogens (tertiary/aromatic N) is 3. The number of hydrogen-bond acceptors (Lipinski definition) is 5. The van der Waals surface area contributed by atoms with Gasteiger partial charge >= 0.3 is 0 Å². The molecule has 1 fully saturated rings. The summed E-state index contributed by atoms with van der Waals surface area (Å²) in [6.45, 7) is 0.804. The first kappa shape index (κ1) is 20.4. The molecule has 1 heterocycles. The zero-order chi connectivity index (χ0) is 19.2.